The van der Waals surface area contributed by atoms with E-state index in [1.807, 2.05) is 51.1 Å². The molecule has 32 heavy (non-hydrogen) atoms. The molecule has 0 unspecified atom stereocenters. The number of halogens is 1. The van der Waals surface area contributed by atoms with Crippen molar-refractivity contribution >= 4 is 23.4 Å². The second-order valence-corrected chi connectivity index (χ2v) is 8.84. The minimum absolute atomic E-state index is 0.0656. The molecule has 0 aliphatic carbocycles. The standard InChI is InChI=1S/C25H31ClN2O4/c1-4-21(25(30)27-14-17(2)3)28(15-19-5-9-20(26)10-6-19)24(29)12-8-18-7-11-22-23(13-18)32-16-31-22/h5-7,9-11,13,17,21H,4,8,12,14-16H2,1-3H3,(H,27,30)/t21-/m1/s1. The summed E-state index contributed by atoms with van der Waals surface area (Å²) in [5.74, 6) is 1.57. The molecule has 1 heterocycles. The Morgan fingerprint density at radius 3 is 2.44 bits per heavy atom. The summed E-state index contributed by atoms with van der Waals surface area (Å²) >= 11 is 6.02. The summed E-state index contributed by atoms with van der Waals surface area (Å²) in [4.78, 5) is 27.9. The van der Waals surface area contributed by atoms with Gasteiger partial charge in [0.2, 0.25) is 18.6 Å². The topological polar surface area (TPSA) is 67.9 Å². The molecular formula is C25H31ClN2O4. The zero-order valence-electron chi connectivity index (χ0n) is 18.9. The lowest BCUT2D eigenvalue weighted by Gasteiger charge is -2.31. The molecule has 0 radical (unpaired) electrons. The average Bonchev–Trinajstić information content (AvgIpc) is 3.25. The van der Waals surface area contributed by atoms with Gasteiger partial charge in [0.1, 0.15) is 6.04 Å². The Balaban J connectivity index is 1.74. The fourth-order valence-corrected chi connectivity index (χ4v) is 3.75. The molecule has 2 aromatic carbocycles. The van der Waals surface area contributed by atoms with Crippen LogP contribution in [0.5, 0.6) is 11.5 Å². The molecule has 0 saturated heterocycles. The van der Waals surface area contributed by atoms with Crippen LogP contribution in [0.1, 0.15) is 44.7 Å². The van der Waals surface area contributed by atoms with E-state index in [1.165, 1.54) is 0 Å². The maximum Gasteiger partial charge on any atom is 0.242 e. The van der Waals surface area contributed by atoms with E-state index in [1.54, 1.807) is 17.0 Å². The third-order valence-corrected chi connectivity index (χ3v) is 5.65. The lowest BCUT2D eigenvalue weighted by atomic mass is 10.1. The maximum absolute atomic E-state index is 13.3. The number of nitrogens with zero attached hydrogens (tertiary/aromatic N) is 1. The number of hydrogen-bond acceptors (Lipinski definition) is 4. The lowest BCUT2D eigenvalue weighted by Crippen LogP contribution is -2.49. The number of nitrogens with one attached hydrogen (secondary N) is 1. The highest BCUT2D eigenvalue weighted by Gasteiger charge is 2.28. The molecule has 6 nitrogen and oxygen atoms in total. The molecule has 2 amide bonds. The molecule has 0 bridgehead atoms. The van der Waals surface area contributed by atoms with E-state index in [2.05, 4.69) is 5.32 Å². The van der Waals surface area contributed by atoms with Crippen LogP contribution in [0.4, 0.5) is 0 Å². The Kier molecular flexibility index (Phi) is 8.39. The summed E-state index contributed by atoms with van der Waals surface area (Å²) in [6.45, 7) is 7.17. The number of aryl methyl sites for hydroxylation is 1. The van der Waals surface area contributed by atoms with Gasteiger partial charge < -0.3 is 19.7 Å². The van der Waals surface area contributed by atoms with Gasteiger partial charge in [0.05, 0.1) is 0 Å². The molecule has 0 fully saturated rings. The van der Waals surface area contributed by atoms with Crippen molar-refractivity contribution in [1.29, 1.82) is 0 Å². The van der Waals surface area contributed by atoms with Gasteiger partial charge in [-0.25, -0.2) is 0 Å². The molecule has 1 atom stereocenters. The predicted octanol–water partition coefficient (Wildman–Crippen LogP) is 4.58. The number of rotatable bonds is 10. The van der Waals surface area contributed by atoms with Crippen molar-refractivity contribution < 1.29 is 19.1 Å². The van der Waals surface area contributed by atoms with Gasteiger partial charge in [-0.2, -0.15) is 0 Å². The molecule has 0 aromatic heterocycles. The van der Waals surface area contributed by atoms with E-state index in [9.17, 15) is 9.59 Å². The van der Waals surface area contributed by atoms with Crippen molar-refractivity contribution in [3.8, 4) is 11.5 Å². The predicted molar refractivity (Wildman–Crippen MR) is 125 cm³/mol. The van der Waals surface area contributed by atoms with Gasteiger partial charge in [0.15, 0.2) is 11.5 Å². The van der Waals surface area contributed by atoms with E-state index < -0.39 is 6.04 Å². The zero-order valence-corrected chi connectivity index (χ0v) is 19.7. The Morgan fingerprint density at radius 1 is 1.06 bits per heavy atom. The normalized spacial score (nSPS) is 13.2. The second-order valence-electron chi connectivity index (χ2n) is 8.40. The largest absolute Gasteiger partial charge is 0.454 e. The Morgan fingerprint density at radius 2 is 1.75 bits per heavy atom. The van der Waals surface area contributed by atoms with Crippen molar-refractivity contribution in [3.63, 3.8) is 0 Å². The molecule has 0 spiro atoms. The van der Waals surface area contributed by atoms with Gasteiger partial charge in [-0.1, -0.05) is 50.6 Å². The number of carbonyl (C=O) groups excluding carboxylic acids is 2. The van der Waals surface area contributed by atoms with Crippen LogP contribution < -0.4 is 14.8 Å². The van der Waals surface area contributed by atoms with Crippen LogP contribution in [0.2, 0.25) is 5.02 Å². The summed E-state index contributed by atoms with van der Waals surface area (Å²) in [5, 5.41) is 3.62. The molecule has 2 aromatic rings. The van der Waals surface area contributed by atoms with Crippen LogP contribution >= 0.6 is 11.6 Å². The Labute approximate surface area is 194 Å². The minimum atomic E-state index is -0.534. The highest BCUT2D eigenvalue weighted by atomic mass is 35.5. The average molecular weight is 459 g/mol. The van der Waals surface area contributed by atoms with Crippen LogP contribution in [0.15, 0.2) is 42.5 Å². The minimum Gasteiger partial charge on any atom is -0.454 e. The van der Waals surface area contributed by atoms with Crippen molar-refractivity contribution in [3.05, 3.63) is 58.6 Å². The van der Waals surface area contributed by atoms with E-state index >= 15 is 0 Å². The number of hydrogen-bond donors (Lipinski definition) is 1. The quantitative estimate of drug-likeness (QED) is 0.565. The molecule has 0 saturated carbocycles. The first-order valence-electron chi connectivity index (χ1n) is 11.1. The van der Waals surface area contributed by atoms with Crippen molar-refractivity contribution in [2.24, 2.45) is 5.92 Å². The first-order chi connectivity index (χ1) is 15.4. The van der Waals surface area contributed by atoms with E-state index in [0.717, 1.165) is 16.9 Å². The Bertz CT molecular complexity index is 930. The lowest BCUT2D eigenvalue weighted by molar-refractivity contribution is -0.141. The third-order valence-electron chi connectivity index (χ3n) is 5.40. The molecular weight excluding hydrogens is 428 g/mol. The number of amides is 2. The molecule has 1 aliphatic rings. The fourth-order valence-electron chi connectivity index (χ4n) is 3.62. The van der Waals surface area contributed by atoms with Gasteiger partial charge in [-0.3, -0.25) is 9.59 Å². The number of carbonyl (C=O) groups is 2. The maximum atomic E-state index is 13.3. The van der Waals surface area contributed by atoms with E-state index in [0.29, 0.717) is 49.0 Å². The third kappa shape index (κ3) is 6.39. The highest BCUT2D eigenvalue weighted by Crippen LogP contribution is 2.32. The highest BCUT2D eigenvalue weighted by molar-refractivity contribution is 6.30. The van der Waals surface area contributed by atoms with Crippen molar-refractivity contribution in [2.45, 2.75) is 52.6 Å². The van der Waals surface area contributed by atoms with E-state index in [4.69, 9.17) is 21.1 Å². The summed E-state index contributed by atoms with van der Waals surface area (Å²) in [7, 11) is 0. The Hall–Kier alpha value is -2.73. The van der Waals surface area contributed by atoms with Gasteiger partial charge in [0, 0.05) is 24.5 Å². The van der Waals surface area contributed by atoms with Gasteiger partial charge in [-0.15, -0.1) is 0 Å². The number of fused-ring (bicyclic) bond motifs is 1. The SMILES string of the molecule is CC[C@H](C(=O)NCC(C)C)N(Cc1ccc(Cl)cc1)C(=O)CCc1ccc2c(c1)OCO2. The van der Waals surface area contributed by atoms with Crippen LogP contribution in [-0.2, 0) is 22.6 Å². The summed E-state index contributed by atoms with van der Waals surface area (Å²) in [6.07, 6.45) is 1.38. The van der Waals surface area contributed by atoms with E-state index in [-0.39, 0.29) is 18.6 Å². The van der Waals surface area contributed by atoms with Crippen LogP contribution in [0.25, 0.3) is 0 Å². The first kappa shape index (κ1) is 23.9. The number of ether oxygens (including phenoxy) is 2. The van der Waals surface area contributed by atoms with Crippen LogP contribution in [0, 0.1) is 5.92 Å². The fraction of sp³-hybridized carbons (Fsp3) is 0.440. The smallest absolute Gasteiger partial charge is 0.242 e. The van der Waals surface area contributed by atoms with Gasteiger partial charge in [-0.05, 0) is 54.2 Å². The van der Waals surface area contributed by atoms with Crippen molar-refractivity contribution in [2.75, 3.05) is 13.3 Å². The first-order valence-corrected chi connectivity index (χ1v) is 11.4. The van der Waals surface area contributed by atoms with Crippen LogP contribution in [-0.4, -0.2) is 36.1 Å². The molecule has 3 rings (SSSR count). The van der Waals surface area contributed by atoms with Gasteiger partial charge in [0.25, 0.3) is 0 Å². The van der Waals surface area contributed by atoms with Crippen molar-refractivity contribution in [1.82, 2.24) is 10.2 Å². The second kappa shape index (κ2) is 11.2. The van der Waals surface area contributed by atoms with Crippen LogP contribution in [0.3, 0.4) is 0 Å². The summed E-state index contributed by atoms with van der Waals surface area (Å²) in [5.41, 5.74) is 1.92. The molecule has 1 aliphatic heterocycles. The molecule has 1 N–H and O–H groups in total. The zero-order chi connectivity index (χ0) is 23.1. The summed E-state index contributed by atoms with van der Waals surface area (Å²) < 4.78 is 10.8. The van der Waals surface area contributed by atoms with Gasteiger partial charge >= 0.3 is 0 Å². The molecule has 7 heteroatoms. The number of benzene rings is 2. The molecule has 172 valence electrons. The summed E-state index contributed by atoms with van der Waals surface area (Å²) in [6, 6.07) is 12.6. The monoisotopic (exact) mass is 458 g/mol.